The fourth-order valence-corrected chi connectivity index (χ4v) is 5.54. The van der Waals surface area contributed by atoms with Gasteiger partial charge in [0.2, 0.25) is 0 Å². The fraction of sp³-hybridized carbons (Fsp3) is 0.345. The lowest BCUT2D eigenvalue weighted by molar-refractivity contribution is 0.0215. The van der Waals surface area contributed by atoms with E-state index in [1.54, 1.807) is 12.1 Å². The number of halogens is 1. The Balaban J connectivity index is 1.30. The van der Waals surface area contributed by atoms with Gasteiger partial charge >= 0.3 is 0 Å². The van der Waals surface area contributed by atoms with E-state index in [9.17, 15) is 4.39 Å². The molecule has 0 aliphatic heterocycles. The molecule has 1 unspecified atom stereocenters. The molecule has 2 aliphatic carbocycles. The molecule has 32 heavy (non-hydrogen) atoms. The van der Waals surface area contributed by atoms with Crippen LogP contribution in [-0.2, 0) is 11.3 Å². The first-order valence-corrected chi connectivity index (χ1v) is 11.8. The predicted octanol–water partition coefficient (Wildman–Crippen LogP) is 7.31. The molecule has 1 aromatic heterocycles. The number of pyridine rings is 1. The molecule has 2 saturated carbocycles. The van der Waals surface area contributed by atoms with Gasteiger partial charge in [0.25, 0.3) is 0 Å². The third kappa shape index (κ3) is 4.83. The number of hydrogen-bond acceptors (Lipinski definition) is 2. The summed E-state index contributed by atoms with van der Waals surface area (Å²) in [5, 5.41) is 0. The molecule has 2 aromatic carbocycles. The molecule has 5 rings (SSSR count). The van der Waals surface area contributed by atoms with E-state index < -0.39 is 0 Å². The van der Waals surface area contributed by atoms with Crippen LogP contribution >= 0.6 is 0 Å². The maximum absolute atomic E-state index is 13.5. The first-order chi connectivity index (χ1) is 15.8. The second-order valence-corrected chi connectivity index (χ2v) is 9.20. The highest BCUT2D eigenvalue weighted by atomic mass is 19.1. The Labute approximate surface area is 190 Å². The van der Waals surface area contributed by atoms with Crippen LogP contribution in [0.25, 0.3) is 17.2 Å². The molecule has 3 aromatic rings. The summed E-state index contributed by atoms with van der Waals surface area (Å²) in [7, 11) is 0. The molecule has 2 aliphatic rings. The Morgan fingerprint density at radius 3 is 2.62 bits per heavy atom. The van der Waals surface area contributed by atoms with Gasteiger partial charge in [-0.2, -0.15) is 0 Å². The number of hydrogen-bond donors (Lipinski definition) is 0. The van der Waals surface area contributed by atoms with Crippen LogP contribution in [-0.4, -0.2) is 11.1 Å². The van der Waals surface area contributed by atoms with E-state index in [-0.39, 0.29) is 11.9 Å². The summed E-state index contributed by atoms with van der Waals surface area (Å²) >= 11 is 0. The third-order valence-electron chi connectivity index (χ3n) is 7.17. The minimum atomic E-state index is -0.226. The minimum absolute atomic E-state index is 0.226. The van der Waals surface area contributed by atoms with Crippen molar-refractivity contribution in [2.75, 3.05) is 0 Å². The summed E-state index contributed by atoms with van der Waals surface area (Å²) < 4.78 is 20.0. The maximum atomic E-state index is 13.5. The van der Waals surface area contributed by atoms with Gasteiger partial charge in [-0.15, -0.1) is 0 Å². The zero-order valence-corrected chi connectivity index (χ0v) is 18.4. The van der Waals surface area contributed by atoms with Gasteiger partial charge in [0.15, 0.2) is 0 Å². The zero-order valence-electron chi connectivity index (χ0n) is 18.4. The van der Waals surface area contributed by atoms with Crippen molar-refractivity contribution in [2.45, 2.75) is 44.8 Å². The van der Waals surface area contributed by atoms with Crippen LogP contribution < -0.4 is 0 Å². The van der Waals surface area contributed by atoms with Crippen LogP contribution in [0.1, 0.15) is 43.4 Å². The number of ether oxygens (including phenoxy) is 1. The van der Waals surface area contributed by atoms with Crippen molar-refractivity contribution in [1.29, 1.82) is 0 Å². The third-order valence-corrected chi connectivity index (χ3v) is 7.17. The Hall–Kier alpha value is -2.78. The van der Waals surface area contributed by atoms with E-state index in [0.717, 1.165) is 22.7 Å². The molecule has 0 amide bonds. The van der Waals surface area contributed by atoms with Crippen molar-refractivity contribution in [1.82, 2.24) is 4.98 Å². The van der Waals surface area contributed by atoms with Crippen molar-refractivity contribution in [2.24, 2.45) is 17.8 Å². The van der Waals surface area contributed by atoms with Crippen molar-refractivity contribution in [3.05, 3.63) is 96.1 Å². The largest absolute Gasteiger partial charge is 0.373 e. The highest BCUT2D eigenvalue weighted by Gasteiger charge is 2.43. The summed E-state index contributed by atoms with van der Waals surface area (Å²) in [5.41, 5.74) is 3.95. The molecule has 0 N–H and O–H groups in total. The first-order valence-electron chi connectivity index (χ1n) is 11.8. The Morgan fingerprint density at radius 1 is 0.938 bits per heavy atom. The van der Waals surface area contributed by atoms with Gasteiger partial charge in [0, 0.05) is 17.7 Å². The smallest absolute Gasteiger partial charge is 0.123 e. The van der Waals surface area contributed by atoms with Crippen molar-refractivity contribution in [3.63, 3.8) is 0 Å². The average Bonchev–Trinajstić information content (AvgIpc) is 3.20. The lowest BCUT2D eigenvalue weighted by Crippen LogP contribution is -2.22. The number of nitrogens with zero attached hydrogens (tertiary/aromatic N) is 1. The normalized spacial score (nSPS) is 25.2. The molecule has 0 radical (unpaired) electrons. The second kappa shape index (κ2) is 9.79. The molecule has 4 atom stereocenters. The fourth-order valence-electron chi connectivity index (χ4n) is 5.54. The molecular weight excluding hydrogens is 397 g/mol. The van der Waals surface area contributed by atoms with Crippen LogP contribution in [0.5, 0.6) is 0 Å². The molecule has 0 bridgehead atoms. The van der Waals surface area contributed by atoms with Crippen molar-refractivity contribution in [3.8, 4) is 11.1 Å². The summed E-state index contributed by atoms with van der Waals surface area (Å²) in [6.45, 7) is 0.676. The molecule has 0 spiro atoms. The highest BCUT2D eigenvalue weighted by Crippen LogP contribution is 2.48. The monoisotopic (exact) mass is 427 g/mol. The quantitative estimate of drug-likeness (QED) is 0.411. The van der Waals surface area contributed by atoms with Gasteiger partial charge in [0.1, 0.15) is 5.82 Å². The molecule has 3 heteroatoms. The Morgan fingerprint density at radius 2 is 1.81 bits per heavy atom. The standard InChI is InChI=1S/C29H30FNO/c30-25-11-6-10-22(17-25)24-13-14-26(31-19-24)15-16-28-27-12-5-4-9-23(27)18-29(28)32-20-21-7-2-1-3-8-21/h1-3,6-8,10-11,13-17,19,23,27-29H,4-5,9,12,18,20H2/b16-15+/t23-,27-,28+,29?/m0/s1. The van der Waals surface area contributed by atoms with E-state index in [1.165, 1.54) is 43.7 Å². The lowest BCUT2D eigenvalue weighted by Gasteiger charge is -2.28. The second-order valence-electron chi connectivity index (χ2n) is 9.20. The van der Waals surface area contributed by atoms with E-state index >= 15 is 0 Å². The van der Waals surface area contributed by atoms with Gasteiger partial charge < -0.3 is 4.74 Å². The van der Waals surface area contributed by atoms with Gasteiger partial charge in [0.05, 0.1) is 18.4 Å². The van der Waals surface area contributed by atoms with Gasteiger partial charge in [-0.05, 0) is 60.1 Å². The highest BCUT2D eigenvalue weighted by molar-refractivity contribution is 5.63. The summed E-state index contributed by atoms with van der Waals surface area (Å²) in [5.74, 6) is 1.71. The molecule has 2 nitrogen and oxygen atoms in total. The number of rotatable bonds is 6. The average molecular weight is 428 g/mol. The number of aromatic nitrogens is 1. The summed E-state index contributed by atoms with van der Waals surface area (Å²) in [6.07, 6.45) is 13.1. The summed E-state index contributed by atoms with van der Waals surface area (Å²) in [4.78, 5) is 4.62. The predicted molar refractivity (Wildman–Crippen MR) is 127 cm³/mol. The summed E-state index contributed by atoms with van der Waals surface area (Å²) in [6, 6.07) is 21.1. The van der Waals surface area contributed by atoms with Crippen molar-refractivity contribution >= 4 is 6.08 Å². The van der Waals surface area contributed by atoms with Gasteiger partial charge in [-0.1, -0.05) is 73.9 Å². The lowest BCUT2D eigenvalue weighted by atomic mass is 9.78. The van der Waals surface area contributed by atoms with E-state index in [2.05, 4.69) is 41.4 Å². The molecule has 1 heterocycles. The van der Waals surface area contributed by atoms with Gasteiger partial charge in [-0.25, -0.2) is 4.39 Å². The van der Waals surface area contributed by atoms with Crippen LogP contribution in [0.2, 0.25) is 0 Å². The van der Waals surface area contributed by atoms with E-state index in [4.69, 9.17) is 4.74 Å². The van der Waals surface area contributed by atoms with Crippen LogP contribution in [0, 0.1) is 23.6 Å². The van der Waals surface area contributed by atoms with Crippen molar-refractivity contribution < 1.29 is 9.13 Å². The molecule has 164 valence electrons. The van der Waals surface area contributed by atoms with E-state index in [0.29, 0.717) is 18.4 Å². The molecule has 0 saturated heterocycles. The molecular formula is C29H30FNO. The maximum Gasteiger partial charge on any atom is 0.123 e. The zero-order chi connectivity index (χ0) is 21.8. The number of fused-ring (bicyclic) bond motifs is 1. The first kappa shape index (κ1) is 21.1. The topological polar surface area (TPSA) is 22.1 Å². The van der Waals surface area contributed by atoms with E-state index in [1.807, 2.05) is 30.5 Å². The van der Waals surface area contributed by atoms with Crippen LogP contribution in [0.3, 0.4) is 0 Å². The minimum Gasteiger partial charge on any atom is -0.373 e. The molecule has 2 fully saturated rings. The van der Waals surface area contributed by atoms with Crippen LogP contribution in [0.4, 0.5) is 4.39 Å². The Kier molecular flexibility index (Phi) is 6.45. The van der Waals surface area contributed by atoms with Crippen LogP contribution in [0.15, 0.2) is 79.0 Å². The Bertz CT molecular complexity index is 1050. The van der Waals surface area contributed by atoms with Gasteiger partial charge in [-0.3, -0.25) is 4.98 Å². The number of benzene rings is 2. The SMILES string of the molecule is Fc1cccc(-c2ccc(/C=C/[C@H]3C(OCc4ccccc4)C[C@@H]4CCCC[C@@H]43)nc2)c1.